The summed E-state index contributed by atoms with van der Waals surface area (Å²) in [6.07, 6.45) is 4.95. The molecule has 0 saturated heterocycles. The fraction of sp³-hybridized carbons (Fsp3) is 0.867. The molecule has 7 nitrogen and oxygen atoms in total. The molecule has 1 atom stereocenters. The first-order valence-corrected chi connectivity index (χ1v) is 7.98. The minimum Gasteiger partial charge on any atom is -0.465 e. The Morgan fingerprint density at radius 3 is 2.09 bits per heavy atom. The number of carbonyl (C=O) groups is 2. The van der Waals surface area contributed by atoms with Gasteiger partial charge >= 0.3 is 11.9 Å². The monoisotopic (exact) mass is 313 g/mol. The Labute approximate surface area is 132 Å². The molecule has 0 aromatic heterocycles. The lowest BCUT2D eigenvalue weighted by Gasteiger charge is -2.18. The molecule has 0 N–H and O–H groups in total. The first kappa shape index (κ1) is 20.2. The Hall–Kier alpha value is -1.75. The smallest absolute Gasteiger partial charge is 0.320 e. The summed E-state index contributed by atoms with van der Waals surface area (Å²) in [6, 6.07) is -0.402. The van der Waals surface area contributed by atoms with Gasteiger partial charge in [0.05, 0.1) is 13.2 Å². The molecule has 0 aliphatic heterocycles. The Kier molecular flexibility index (Phi) is 11.9. The third-order valence-electron chi connectivity index (χ3n) is 3.26. The van der Waals surface area contributed by atoms with Crippen LogP contribution >= 0.6 is 0 Å². The molecule has 0 spiro atoms. The number of azide groups is 1. The Morgan fingerprint density at radius 2 is 1.64 bits per heavy atom. The molecule has 1 unspecified atom stereocenters. The number of esters is 2. The SMILES string of the molecule is CCCCCCC(CC(C(=O)OCC)C(=O)OCC)N=[N+]=[N-]. The van der Waals surface area contributed by atoms with Crippen LogP contribution in [0.3, 0.4) is 0 Å². The number of ether oxygens (including phenoxy) is 2. The Bertz CT molecular complexity index is 363. The van der Waals surface area contributed by atoms with Crippen molar-refractivity contribution in [3.8, 4) is 0 Å². The van der Waals surface area contributed by atoms with Crippen LogP contribution in [-0.2, 0) is 19.1 Å². The highest BCUT2D eigenvalue weighted by atomic mass is 16.6. The fourth-order valence-electron chi connectivity index (χ4n) is 2.15. The Balaban J connectivity index is 4.75. The zero-order chi connectivity index (χ0) is 16.8. The number of hydrogen-bond acceptors (Lipinski definition) is 5. The van der Waals surface area contributed by atoms with Crippen LogP contribution in [0.2, 0.25) is 0 Å². The summed E-state index contributed by atoms with van der Waals surface area (Å²) in [5.74, 6) is -2.26. The minimum atomic E-state index is -1.03. The van der Waals surface area contributed by atoms with Crippen LogP contribution in [0.15, 0.2) is 5.11 Å². The van der Waals surface area contributed by atoms with E-state index in [-0.39, 0.29) is 19.6 Å². The maximum atomic E-state index is 11.9. The molecule has 0 saturated carbocycles. The number of unbranched alkanes of at least 4 members (excludes halogenated alkanes) is 3. The molecule has 0 heterocycles. The van der Waals surface area contributed by atoms with E-state index in [0.29, 0.717) is 6.42 Å². The molecule has 0 rings (SSSR count). The zero-order valence-electron chi connectivity index (χ0n) is 13.8. The van der Waals surface area contributed by atoms with Crippen molar-refractivity contribution in [3.05, 3.63) is 10.4 Å². The zero-order valence-corrected chi connectivity index (χ0v) is 13.8. The third-order valence-corrected chi connectivity index (χ3v) is 3.26. The molecule has 0 aliphatic rings. The average molecular weight is 313 g/mol. The van der Waals surface area contributed by atoms with Crippen molar-refractivity contribution < 1.29 is 19.1 Å². The summed E-state index contributed by atoms with van der Waals surface area (Å²) in [5.41, 5.74) is 8.66. The van der Waals surface area contributed by atoms with Crippen molar-refractivity contribution in [3.63, 3.8) is 0 Å². The van der Waals surface area contributed by atoms with E-state index in [9.17, 15) is 9.59 Å². The molecule has 0 aromatic carbocycles. The molecule has 0 fully saturated rings. The van der Waals surface area contributed by atoms with Crippen LogP contribution < -0.4 is 0 Å². The predicted octanol–water partition coefficient (Wildman–Crippen LogP) is 3.77. The fourth-order valence-corrected chi connectivity index (χ4v) is 2.15. The predicted molar refractivity (Wildman–Crippen MR) is 83.1 cm³/mol. The first-order chi connectivity index (χ1) is 10.6. The summed E-state index contributed by atoms with van der Waals surface area (Å²) in [5, 5.41) is 3.71. The normalized spacial score (nSPS) is 11.6. The first-order valence-electron chi connectivity index (χ1n) is 7.98. The lowest BCUT2D eigenvalue weighted by molar-refractivity contribution is -0.162. The summed E-state index contributed by atoms with van der Waals surface area (Å²) in [7, 11) is 0. The van der Waals surface area contributed by atoms with Gasteiger partial charge in [0.2, 0.25) is 0 Å². The van der Waals surface area contributed by atoms with Crippen molar-refractivity contribution >= 4 is 11.9 Å². The summed E-state index contributed by atoms with van der Waals surface area (Å²) >= 11 is 0. The molecule has 0 bridgehead atoms. The molecule has 0 aliphatic carbocycles. The van der Waals surface area contributed by atoms with Crippen LogP contribution in [0, 0.1) is 5.92 Å². The second-order valence-electron chi connectivity index (χ2n) is 5.00. The third kappa shape index (κ3) is 8.52. The molecule has 0 aromatic rings. The van der Waals surface area contributed by atoms with Gasteiger partial charge in [-0.25, -0.2) is 0 Å². The van der Waals surface area contributed by atoms with Crippen molar-refractivity contribution in [2.24, 2.45) is 11.0 Å². The van der Waals surface area contributed by atoms with Crippen molar-refractivity contribution in [1.82, 2.24) is 0 Å². The van der Waals surface area contributed by atoms with Gasteiger partial charge in [0.25, 0.3) is 0 Å². The van der Waals surface area contributed by atoms with Gasteiger partial charge in [0.1, 0.15) is 0 Å². The molecule has 0 radical (unpaired) electrons. The minimum absolute atomic E-state index is 0.133. The highest BCUT2D eigenvalue weighted by Gasteiger charge is 2.31. The van der Waals surface area contributed by atoms with Gasteiger partial charge in [-0.05, 0) is 32.2 Å². The van der Waals surface area contributed by atoms with E-state index in [1.807, 2.05) is 0 Å². The maximum Gasteiger partial charge on any atom is 0.320 e. The standard InChI is InChI=1S/C15H27N3O4/c1-4-7-8-9-10-12(17-18-16)11-13(14(19)21-5-2)15(20)22-6-3/h12-13H,4-11H2,1-3H3. The molecule has 0 amide bonds. The molecular formula is C15H27N3O4. The maximum absolute atomic E-state index is 11.9. The summed E-state index contributed by atoms with van der Waals surface area (Å²) in [6.45, 7) is 5.85. The van der Waals surface area contributed by atoms with Gasteiger partial charge in [0, 0.05) is 11.0 Å². The highest BCUT2D eigenvalue weighted by molar-refractivity contribution is 5.94. The second-order valence-corrected chi connectivity index (χ2v) is 5.00. The van der Waals surface area contributed by atoms with Crippen LogP contribution in [0.1, 0.15) is 59.3 Å². The van der Waals surface area contributed by atoms with Gasteiger partial charge in [0.15, 0.2) is 5.92 Å². The highest BCUT2D eigenvalue weighted by Crippen LogP contribution is 2.19. The quantitative estimate of drug-likeness (QED) is 0.137. The summed E-state index contributed by atoms with van der Waals surface area (Å²) < 4.78 is 9.84. The molecular weight excluding hydrogens is 286 g/mol. The van der Waals surface area contributed by atoms with E-state index in [1.165, 1.54) is 0 Å². The number of carbonyl (C=O) groups excluding carboxylic acids is 2. The van der Waals surface area contributed by atoms with Crippen molar-refractivity contribution in [1.29, 1.82) is 0 Å². The van der Waals surface area contributed by atoms with Crippen molar-refractivity contribution in [2.45, 2.75) is 65.3 Å². The van der Waals surface area contributed by atoms with Gasteiger partial charge in [-0.15, -0.1) is 0 Å². The Morgan fingerprint density at radius 1 is 1.05 bits per heavy atom. The van der Waals surface area contributed by atoms with E-state index >= 15 is 0 Å². The number of rotatable bonds is 12. The molecule has 22 heavy (non-hydrogen) atoms. The topological polar surface area (TPSA) is 101 Å². The van der Waals surface area contributed by atoms with Gasteiger partial charge in [-0.2, -0.15) is 0 Å². The van der Waals surface area contributed by atoms with Crippen LogP contribution in [0.5, 0.6) is 0 Å². The number of nitrogens with zero attached hydrogens (tertiary/aromatic N) is 3. The lowest BCUT2D eigenvalue weighted by atomic mass is 9.96. The van der Waals surface area contributed by atoms with E-state index in [0.717, 1.165) is 25.7 Å². The second kappa shape index (κ2) is 13.0. The van der Waals surface area contributed by atoms with Crippen molar-refractivity contribution in [2.75, 3.05) is 13.2 Å². The molecule has 126 valence electrons. The van der Waals surface area contributed by atoms with Crippen LogP contribution in [0.4, 0.5) is 0 Å². The van der Waals surface area contributed by atoms with Gasteiger partial charge in [-0.1, -0.05) is 37.7 Å². The largest absolute Gasteiger partial charge is 0.465 e. The van der Waals surface area contributed by atoms with Crippen LogP contribution in [-0.4, -0.2) is 31.2 Å². The molecule has 7 heteroatoms. The van der Waals surface area contributed by atoms with E-state index < -0.39 is 23.9 Å². The van der Waals surface area contributed by atoms with E-state index in [2.05, 4.69) is 16.9 Å². The number of hydrogen-bond donors (Lipinski definition) is 0. The summed E-state index contributed by atoms with van der Waals surface area (Å²) in [4.78, 5) is 26.7. The van der Waals surface area contributed by atoms with E-state index in [1.54, 1.807) is 13.8 Å². The van der Waals surface area contributed by atoms with E-state index in [4.69, 9.17) is 15.0 Å². The van der Waals surface area contributed by atoms with Gasteiger partial charge in [-0.3, -0.25) is 9.59 Å². The lowest BCUT2D eigenvalue weighted by Crippen LogP contribution is -2.31. The average Bonchev–Trinajstić information content (AvgIpc) is 2.49. The van der Waals surface area contributed by atoms with Crippen LogP contribution in [0.25, 0.3) is 10.4 Å². The van der Waals surface area contributed by atoms with Gasteiger partial charge < -0.3 is 9.47 Å².